The molecule has 0 heterocycles. The number of nitrogens with zero attached hydrogens (tertiary/aromatic N) is 4. The Bertz CT molecular complexity index is 864. The Hall–Kier alpha value is -3.32. The number of aliphatic hydroxyl groups is 2. The minimum atomic E-state index is -0.562. The summed E-state index contributed by atoms with van der Waals surface area (Å²) in [5.41, 5.74) is 0.338. The van der Waals surface area contributed by atoms with Crippen molar-refractivity contribution < 1.29 is 30.3 Å². The van der Waals surface area contributed by atoms with Crippen molar-refractivity contribution in [3.63, 3.8) is 0 Å². The van der Waals surface area contributed by atoms with Crippen molar-refractivity contribution in [1.82, 2.24) is 9.80 Å². The Balaban J connectivity index is 2.11. The summed E-state index contributed by atoms with van der Waals surface area (Å²) in [6.07, 6.45) is 0. The van der Waals surface area contributed by atoms with Crippen molar-refractivity contribution in [1.29, 1.82) is 0 Å². The van der Waals surface area contributed by atoms with E-state index in [-0.39, 0.29) is 62.3 Å². The van der Waals surface area contributed by atoms with Crippen molar-refractivity contribution in [2.75, 3.05) is 39.4 Å². The fraction of sp³-hybridized carbons (Fsp3) is 0.400. The highest BCUT2D eigenvalue weighted by atomic mass is 16.6. The van der Waals surface area contributed by atoms with E-state index in [9.17, 15) is 40.7 Å². The second-order valence-corrected chi connectivity index (χ2v) is 7.14. The molecule has 0 atom stereocenters. The largest absolute Gasteiger partial charge is 0.508 e. The van der Waals surface area contributed by atoms with Crippen LogP contribution >= 0.6 is 0 Å². The average Bonchev–Trinajstić information content (AvgIpc) is 2.74. The van der Waals surface area contributed by atoms with Gasteiger partial charge >= 0.3 is 0 Å². The molecule has 0 saturated carbocycles. The molecule has 0 aliphatic carbocycles. The van der Waals surface area contributed by atoms with Gasteiger partial charge in [0.1, 0.15) is 11.5 Å². The van der Waals surface area contributed by atoms with Crippen molar-refractivity contribution in [2.45, 2.75) is 13.1 Å². The van der Waals surface area contributed by atoms with E-state index in [1.165, 1.54) is 36.4 Å². The highest BCUT2D eigenvalue weighted by Gasteiger charge is 2.17. The van der Waals surface area contributed by atoms with Gasteiger partial charge in [0, 0.05) is 74.7 Å². The molecule has 0 radical (unpaired) electrons. The number of phenolic OH excluding ortho intramolecular Hbond substituents is 2. The predicted octanol–water partition coefficient (Wildman–Crippen LogP) is 1.20. The molecule has 32 heavy (non-hydrogen) atoms. The summed E-state index contributed by atoms with van der Waals surface area (Å²) in [7, 11) is 0. The second kappa shape index (κ2) is 11.9. The number of phenols is 2. The van der Waals surface area contributed by atoms with Crippen LogP contribution in [-0.4, -0.2) is 79.5 Å². The Morgan fingerprint density at radius 1 is 0.688 bits per heavy atom. The van der Waals surface area contributed by atoms with Gasteiger partial charge in [-0.25, -0.2) is 0 Å². The van der Waals surface area contributed by atoms with E-state index < -0.39 is 9.85 Å². The van der Waals surface area contributed by atoms with Crippen molar-refractivity contribution >= 4 is 11.4 Å². The number of hydrogen-bond donors (Lipinski definition) is 4. The summed E-state index contributed by atoms with van der Waals surface area (Å²) in [4.78, 5) is 24.4. The molecule has 0 unspecified atom stereocenters. The van der Waals surface area contributed by atoms with Crippen LogP contribution in [0.25, 0.3) is 0 Å². The van der Waals surface area contributed by atoms with Gasteiger partial charge in [-0.15, -0.1) is 0 Å². The zero-order chi connectivity index (χ0) is 23.7. The normalized spacial score (nSPS) is 11.2. The number of aliphatic hydroxyl groups excluding tert-OH is 2. The molecule has 0 aliphatic rings. The first-order chi connectivity index (χ1) is 15.2. The maximum Gasteiger partial charge on any atom is 0.270 e. The zero-order valence-corrected chi connectivity index (χ0v) is 17.3. The molecule has 0 saturated heterocycles. The lowest BCUT2D eigenvalue weighted by atomic mass is 10.1. The fourth-order valence-electron chi connectivity index (χ4n) is 3.21. The molecular weight excluding hydrogens is 424 g/mol. The summed E-state index contributed by atoms with van der Waals surface area (Å²) in [6.45, 7) is 1.11. The summed E-state index contributed by atoms with van der Waals surface area (Å²) < 4.78 is 0. The van der Waals surface area contributed by atoms with Gasteiger partial charge < -0.3 is 20.4 Å². The number of nitro groups is 2. The van der Waals surface area contributed by atoms with E-state index in [0.717, 1.165) is 0 Å². The van der Waals surface area contributed by atoms with E-state index in [1.807, 2.05) is 0 Å². The lowest BCUT2D eigenvalue weighted by Crippen LogP contribution is -2.37. The lowest BCUT2D eigenvalue weighted by molar-refractivity contribution is -0.385. The van der Waals surface area contributed by atoms with Crippen LogP contribution in [0.2, 0.25) is 0 Å². The average molecular weight is 450 g/mol. The molecule has 2 rings (SSSR count). The van der Waals surface area contributed by atoms with E-state index in [1.54, 1.807) is 9.80 Å². The highest BCUT2D eigenvalue weighted by molar-refractivity contribution is 5.43. The molecule has 0 aliphatic heterocycles. The summed E-state index contributed by atoms with van der Waals surface area (Å²) in [5, 5.41) is 60.9. The van der Waals surface area contributed by atoms with Gasteiger partial charge in [-0.05, 0) is 12.1 Å². The Morgan fingerprint density at radius 2 is 1.06 bits per heavy atom. The van der Waals surface area contributed by atoms with Crippen LogP contribution in [0.4, 0.5) is 11.4 Å². The van der Waals surface area contributed by atoms with Crippen LogP contribution < -0.4 is 0 Å². The van der Waals surface area contributed by atoms with E-state index in [4.69, 9.17) is 0 Å². The number of rotatable bonds is 13. The van der Waals surface area contributed by atoms with Gasteiger partial charge in [-0.1, -0.05) is 0 Å². The van der Waals surface area contributed by atoms with Crippen LogP contribution in [0, 0.1) is 20.2 Å². The number of hydrogen-bond acceptors (Lipinski definition) is 10. The van der Waals surface area contributed by atoms with Crippen LogP contribution in [0.15, 0.2) is 36.4 Å². The molecule has 12 heteroatoms. The third-order valence-corrected chi connectivity index (χ3v) is 4.90. The maximum absolute atomic E-state index is 11.0. The Kier molecular flexibility index (Phi) is 9.28. The standard InChI is InChI=1S/C20H26N4O8/c25-9-7-21(13-15-11-17(23(29)30)1-3-19(15)27)5-6-22(8-10-26)14-16-12-18(24(31)32)2-4-20(16)28/h1-4,11-12,25-28H,5-10,13-14H2. The highest BCUT2D eigenvalue weighted by Crippen LogP contribution is 2.25. The first-order valence-electron chi connectivity index (χ1n) is 9.84. The first-order valence-corrected chi connectivity index (χ1v) is 9.84. The van der Waals surface area contributed by atoms with Crippen LogP contribution in [0.3, 0.4) is 0 Å². The van der Waals surface area contributed by atoms with Gasteiger partial charge in [-0.3, -0.25) is 30.0 Å². The van der Waals surface area contributed by atoms with Gasteiger partial charge in [-0.2, -0.15) is 0 Å². The molecule has 0 amide bonds. The molecular formula is C20H26N4O8. The summed E-state index contributed by atoms with van der Waals surface area (Å²) in [5.74, 6) is -0.209. The number of benzene rings is 2. The van der Waals surface area contributed by atoms with Gasteiger partial charge in [0.05, 0.1) is 23.1 Å². The van der Waals surface area contributed by atoms with Crippen LogP contribution in [0.5, 0.6) is 11.5 Å². The third kappa shape index (κ3) is 7.13. The van der Waals surface area contributed by atoms with E-state index in [0.29, 0.717) is 24.2 Å². The second-order valence-electron chi connectivity index (χ2n) is 7.14. The molecule has 4 N–H and O–H groups in total. The monoisotopic (exact) mass is 450 g/mol. The third-order valence-electron chi connectivity index (χ3n) is 4.90. The number of non-ortho nitro benzene ring substituents is 2. The van der Waals surface area contributed by atoms with Crippen molar-refractivity contribution in [3.05, 3.63) is 67.8 Å². The minimum Gasteiger partial charge on any atom is -0.508 e. The number of aromatic hydroxyl groups is 2. The summed E-state index contributed by atoms with van der Waals surface area (Å²) in [6, 6.07) is 7.42. The van der Waals surface area contributed by atoms with Gasteiger partial charge in [0.15, 0.2) is 0 Å². The predicted molar refractivity (Wildman–Crippen MR) is 114 cm³/mol. The minimum absolute atomic E-state index is 0.104. The van der Waals surface area contributed by atoms with Crippen molar-refractivity contribution in [3.8, 4) is 11.5 Å². The Morgan fingerprint density at radius 3 is 1.38 bits per heavy atom. The quantitative estimate of drug-likeness (QED) is 0.256. The molecule has 12 nitrogen and oxygen atoms in total. The smallest absolute Gasteiger partial charge is 0.270 e. The molecule has 0 fully saturated rings. The van der Waals surface area contributed by atoms with E-state index in [2.05, 4.69) is 0 Å². The first kappa shape index (κ1) is 24.9. The molecule has 2 aromatic carbocycles. The lowest BCUT2D eigenvalue weighted by Gasteiger charge is -2.27. The number of nitro benzene ring substituents is 2. The van der Waals surface area contributed by atoms with Gasteiger partial charge in [0.25, 0.3) is 11.4 Å². The van der Waals surface area contributed by atoms with Gasteiger partial charge in [0.2, 0.25) is 0 Å². The van der Waals surface area contributed by atoms with E-state index >= 15 is 0 Å². The maximum atomic E-state index is 11.0. The molecule has 2 aromatic rings. The molecule has 0 aromatic heterocycles. The SMILES string of the molecule is O=[N+]([O-])c1ccc(O)c(CN(CCO)CCN(CCO)Cc2cc([N+](=O)[O-])ccc2O)c1. The van der Waals surface area contributed by atoms with Crippen LogP contribution in [-0.2, 0) is 13.1 Å². The fourth-order valence-corrected chi connectivity index (χ4v) is 3.21. The van der Waals surface area contributed by atoms with Crippen molar-refractivity contribution in [2.24, 2.45) is 0 Å². The van der Waals surface area contributed by atoms with Crippen LogP contribution in [0.1, 0.15) is 11.1 Å². The molecule has 0 bridgehead atoms. The Labute approximate surface area is 183 Å². The molecule has 174 valence electrons. The summed E-state index contributed by atoms with van der Waals surface area (Å²) >= 11 is 0. The molecule has 0 spiro atoms. The zero-order valence-electron chi connectivity index (χ0n) is 17.3. The topological polar surface area (TPSA) is 174 Å².